The Morgan fingerprint density at radius 2 is 1.78 bits per heavy atom. The summed E-state index contributed by atoms with van der Waals surface area (Å²) in [5, 5.41) is 0. The van der Waals surface area contributed by atoms with Gasteiger partial charge in [0.05, 0.1) is 0 Å². The third kappa shape index (κ3) is 5.36. The average molecular weight is 156 g/mol. The second kappa shape index (κ2) is 7.02. The van der Waals surface area contributed by atoms with E-state index in [9.17, 15) is 4.79 Å². The molecule has 9 heavy (non-hydrogen) atoms. The Kier molecular flexibility index (Phi) is 9.80. The molecule has 0 fully saturated rings. The van der Waals surface area contributed by atoms with Crippen molar-refractivity contribution >= 4 is 57.4 Å². The number of carbonyl (C=O) groups is 1. The van der Waals surface area contributed by atoms with E-state index in [-0.39, 0.29) is 57.4 Å². The standard InChI is InChI=1S/C5H12N2O.K.H/c1-3-7(4-2)5(6)8;;/h3-4H2,1-2H3,(H2,6,8);;. The molecular formula is C5H13KN2O. The normalized spacial score (nSPS) is 7.78. The fourth-order valence-corrected chi connectivity index (χ4v) is 0.535. The first-order chi connectivity index (χ1) is 3.72. The fraction of sp³-hybridized carbons (Fsp3) is 0.800. The molecule has 50 valence electrons. The Morgan fingerprint density at radius 3 is 1.78 bits per heavy atom. The van der Waals surface area contributed by atoms with Gasteiger partial charge in [-0.25, -0.2) is 4.79 Å². The number of rotatable bonds is 2. The SMILES string of the molecule is CCN(CC)C(N)=O.[KH]. The van der Waals surface area contributed by atoms with Crippen LogP contribution in [0.25, 0.3) is 0 Å². The molecule has 0 aliphatic carbocycles. The second-order valence-electron chi connectivity index (χ2n) is 1.51. The molecule has 0 heterocycles. The van der Waals surface area contributed by atoms with Gasteiger partial charge in [0.1, 0.15) is 0 Å². The summed E-state index contributed by atoms with van der Waals surface area (Å²) >= 11 is 0. The Labute approximate surface area is 98.4 Å². The molecule has 0 aliphatic rings. The number of hydrogen-bond donors (Lipinski definition) is 1. The van der Waals surface area contributed by atoms with Gasteiger partial charge < -0.3 is 10.6 Å². The number of urea groups is 1. The van der Waals surface area contributed by atoms with Gasteiger partial charge in [-0.15, -0.1) is 0 Å². The molecule has 0 aliphatic heterocycles. The monoisotopic (exact) mass is 156 g/mol. The van der Waals surface area contributed by atoms with Gasteiger partial charge in [-0.05, 0) is 13.8 Å². The molecule has 0 saturated carbocycles. The van der Waals surface area contributed by atoms with Crippen molar-refractivity contribution in [3.05, 3.63) is 0 Å². The molecule has 0 radical (unpaired) electrons. The van der Waals surface area contributed by atoms with Gasteiger partial charge in [-0.3, -0.25) is 0 Å². The number of hydrogen-bond acceptors (Lipinski definition) is 1. The molecule has 0 aromatic rings. The van der Waals surface area contributed by atoms with Crippen molar-refractivity contribution in [1.29, 1.82) is 0 Å². The number of primary amides is 1. The number of nitrogens with two attached hydrogens (primary N) is 1. The van der Waals surface area contributed by atoms with E-state index >= 15 is 0 Å². The van der Waals surface area contributed by atoms with E-state index in [0.29, 0.717) is 13.1 Å². The van der Waals surface area contributed by atoms with Gasteiger partial charge in [0.25, 0.3) is 0 Å². The van der Waals surface area contributed by atoms with Gasteiger partial charge in [0.15, 0.2) is 0 Å². The Balaban J connectivity index is 0. The molecular weight excluding hydrogens is 143 g/mol. The van der Waals surface area contributed by atoms with E-state index < -0.39 is 0 Å². The quantitative estimate of drug-likeness (QED) is 0.551. The van der Waals surface area contributed by atoms with Crippen LogP contribution in [0.2, 0.25) is 0 Å². The van der Waals surface area contributed by atoms with Crippen LogP contribution in [0.3, 0.4) is 0 Å². The molecule has 0 unspecified atom stereocenters. The summed E-state index contributed by atoms with van der Waals surface area (Å²) in [5.41, 5.74) is 4.94. The van der Waals surface area contributed by atoms with Crippen LogP contribution in [0.5, 0.6) is 0 Å². The zero-order valence-corrected chi connectivity index (χ0v) is 5.35. The van der Waals surface area contributed by atoms with E-state index in [1.54, 1.807) is 4.90 Å². The van der Waals surface area contributed by atoms with Crippen molar-refractivity contribution in [2.75, 3.05) is 13.1 Å². The van der Waals surface area contributed by atoms with Crippen LogP contribution in [0.15, 0.2) is 0 Å². The van der Waals surface area contributed by atoms with Gasteiger partial charge in [0, 0.05) is 13.1 Å². The predicted octanol–water partition coefficient (Wildman–Crippen LogP) is -0.242. The molecule has 3 nitrogen and oxygen atoms in total. The molecule has 0 aromatic carbocycles. The number of amides is 2. The minimum atomic E-state index is -0.338. The van der Waals surface area contributed by atoms with Gasteiger partial charge in [-0.1, -0.05) is 0 Å². The molecule has 4 heteroatoms. The molecule has 0 atom stereocenters. The van der Waals surface area contributed by atoms with E-state index in [2.05, 4.69) is 0 Å². The van der Waals surface area contributed by atoms with Crippen molar-refractivity contribution < 1.29 is 4.79 Å². The zero-order chi connectivity index (χ0) is 6.57. The summed E-state index contributed by atoms with van der Waals surface area (Å²) in [6.45, 7) is 5.19. The molecule has 2 amide bonds. The summed E-state index contributed by atoms with van der Waals surface area (Å²) in [4.78, 5) is 11.9. The predicted molar refractivity (Wildman–Crippen MR) is 39.7 cm³/mol. The van der Waals surface area contributed by atoms with Crippen LogP contribution in [-0.2, 0) is 0 Å². The first-order valence-electron chi connectivity index (χ1n) is 2.76. The molecule has 0 aromatic heterocycles. The fourth-order valence-electron chi connectivity index (χ4n) is 0.535. The average Bonchev–Trinajstić information content (AvgIpc) is 1.69. The van der Waals surface area contributed by atoms with E-state index in [1.165, 1.54) is 0 Å². The van der Waals surface area contributed by atoms with Crippen LogP contribution in [0.1, 0.15) is 13.8 Å². The van der Waals surface area contributed by atoms with Gasteiger partial charge in [0.2, 0.25) is 0 Å². The summed E-state index contributed by atoms with van der Waals surface area (Å²) < 4.78 is 0. The van der Waals surface area contributed by atoms with E-state index in [0.717, 1.165) is 0 Å². The maximum atomic E-state index is 10.3. The topological polar surface area (TPSA) is 46.3 Å². The Hall–Kier alpha value is 0.906. The third-order valence-electron chi connectivity index (χ3n) is 1.08. The Bertz CT molecular complexity index is 83.0. The number of carbonyl (C=O) groups excluding carboxylic acids is 1. The maximum absolute atomic E-state index is 10.3. The second-order valence-corrected chi connectivity index (χ2v) is 1.51. The molecule has 0 saturated heterocycles. The van der Waals surface area contributed by atoms with Crippen molar-refractivity contribution in [3.8, 4) is 0 Å². The zero-order valence-electron chi connectivity index (χ0n) is 5.35. The summed E-state index contributed by atoms with van der Waals surface area (Å²) in [7, 11) is 0. The minimum absolute atomic E-state index is 0. The van der Waals surface area contributed by atoms with Crippen LogP contribution >= 0.6 is 0 Å². The van der Waals surface area contributed by atoms with Crippen LogP contribution in [-0.4, -0.2) is 75.4 Å². The summed E-state index contributed by atoms with van der Waals surface area (Å²) in [6.07, 6.45) is 0. The van der Waals surface area contributed by atoms with Crippen LogP contribution < -0.4 is 5.73 Å². The first kappa shape index (κ1) is 12.6. The summed E-state index contributed by atoms with van der Waals surface area (Å²) in [6, 6.07) is -0.338. The van der Waals surface area contributed by atoms with Crippen LogP contribution in [0.4, 0.5) is 4.79 Å². The van der Waals surface area contributed by atoms with E-state index in [1.807, 2.05) is 13.8 Å². The first-order valence-corrected chi connectivity index (χ1v) is 2.76. The third-order valence-corrected chi connectivity index (χ3v) is 1.08. The van der Waals surface area contributed by atoms with E-state index in [4.69, 9.17) is 5.73 Å². The molecule has 0 rings (SSSR count). The van der Waals surface area contributed by atoms with Crippen molar-refractivity contribution in [3.63, 3.8) is 0 Å². The Morgan fingerprint density at radius 1 is 1.44 bits per heavy atom. The van der Waals surface area contributed by atoms with Gasteiger partial charge >= 0.3 is 57.4 Å². The molecule has 0 bridgehead atoms. The molecule has 2 N–H and O–H groups in total. The summed E-state index contributed by atoms with van der Waals surface area (Å²) in [5.74, 6) is 0. The molecule has 0 spiro atoms. The van der Waals surface area contributed by atoms with Gasteiger partial charge in [-0.2, -0.15) is 0 Å². The number of nitrogens with zero attached hydrogens (tertiary/aromatic N) is 1. The van der Waals surface area contributed by atoms with Crippen molar-refractivity contribution in [2.24, 2.45) is 5.73 Å². The van der Waals surface area contributed by atoms with Crippen molar-refractivity contribution in [2.45, 2.75) is 13.8 Å². The van der Waals surface area contributed by atoms with Crippen LogP contribution in [0, 0.1) is 0 Å². The van der Waals surface area contributed by atoms with Crippen molar-refractivity contribution in [1.82, 2.24) is 4.90 Å².